The summed E-state index contributed by atoms with van der Waals surface area (Å²) in [7, 11) is 0. The van der Waals surface area contributed by atoms with Crippen LogP contribution in [0.4, 0.5) is 0 Å². The molecule has 10 N–H and O–H groups in total. The summed E-state index contributed by atoms with van der Waals surface area (Å²) in [6, 6.07) is 0. The van der Waals surface area contributed by atoms with Gasteiger partial charge in [0.25, 0.3) is 0 Å². The number of rotatable bonds is 12. The molecule has 0 aromatic rings. The second kappa shape index (κ2) is 16.8. The number of carbonyl (C=O) groups is 2. The molecule has 0 aromatic carbocycles. The van der Waals surface area contributed by atoms with Crippen molar-refractivity contribution in [2.24, 2.45) is 51.8 Å². The molecule has 0 amide bonds. The van der Waals surface area contributed by atoms with Crippen molar-refractivity contribution in [2.75, 3.05) is 6.61 Å². The predicted molar refractivity (Wildman–Crippen MR) is 203 cm³/mol. The zero-order valence-electron chi connectivity index (χ0n) is 34.8. The number of aliphatic hydroxyl groups is 8. The third-order valence-electron chi connectivity index (χ3n) is 16.4. The molecule has 21 atom stereocenters. The van der Waals surface area contributed by atoms with Crippen molar-refractivity contribution in [3.05, 3.63) is 11.1 Å². The summed E-state index contributed by atoms with van der Waals surface area (Å²) in [5.74, 6) is -2.43. The molecule has 2 saturated heterocycles. The fourth-order valence-corrected chi connectivity index (χ4v) is 12.3. The summed E-state index contributed by atoms with van der Waals surface area (Å²) >= 11 is 0. The Morgan fingerprint density at radius 2 is 1.40 bits per heavy atom. The van der Waals surface area contributed by atoms with E-state index in [-0.39, 0.29) is 41.4 Å². The minimum Gasteiger partial charge on any atom is -0.481 e. The highest BCUT2D eigenvalue weighted by Gasteiger charge is 2.64. The second-order valence-corrected chi connectivity index (χ2v) is 19.5. The molecule has 4 aliphatic carbocycles. The van der Waals surface area contributed by atoms with E-state index >= 15 is 0 Å². The quantitative estimate of drug-likeness (QED) is 0.124. The first-order valence-electron chi connectivity index (χ1n) is 21.2. The molecule has 16 heteroatoms. The molecule has 2 saturated carbocycles. The molecule has 332 valence electrons. The van der Waals surface area contributed by atoms with Gasteiger partial charge in [-0.15, -0.1) is 0 Å². The molecule has 16 nitrogen and oxygen atoms in total. The Hall–Kier alpha value is -1.80. The first-order chi connectivity index (χ1) is 27.0. The summed E-state index contributed by atoms with van der Waals surface area (Å²) in [5, 5.41) is 106. The smallest absolute Gasteiger partial charge is 0.335 e. The lowest BCUT2D eigenvalue weighted by atomic mass is 9.45. The van der Waals surface area contributed by atoms with Crippen LogP contribution in [0.2, 0.25) is 0 Å². The highest BCUT2D eigenvalue weighted by atomic mass is 16.7. The van der Waals surface area contributed by atoms with E-state index in [9.17, 15) is 60.7 Å². The van der Waals surface area contributed by atoms with Gasteiger partial charge in [0.15, 0.2) is 18.7 Å². The lowest BCUT2D eigenvalue weighted by Gasteiger charge is -2.60. The molecular weight excluding hydrogens is 760 g/mol. The fourth-order valence-electron chi connectivity index (χ4n) is 12.3. The van der Waals surface area contributed by atoms with Gasteiger partial charge in [-0.05, 0) is 105 Å². The topological polar surface area (TPSA) is 273 Å². The SMILES string of the molecule is CC(C)[C@H](C)[C@@H](O)[C@@H](O)[C@@H](C)[C@H]1CC[C@H]2C3=C(CC[C@]12C)[C@@]1(C)CC[C@H](O[C@@H]2O[C@H](CO[C@@H]4O[C@H](C(=O)O)[C@@H](O)[C@H](O)[C@H]4O)[C@@H](O)[C@H](O)[C@H]2O)[C@](C)(C(=O)O)[C@@H]1CC3. The summed E-state index contributed by atoms with van der Waals surface area (Å²) < 4.78 is 22.8. The van der Waals surface area contributed by atoms with Gasteiger partial charge in [-0.2, -0.15) is 0 Å². The minimum absolute atomic E-state index is 0.0415. The van der Waals surface area contributed by atoms with Crippen molar-refractivity contribution in [2.45, 2.75) is 180 Å². The molecule has 0 spiro atoms. The van der Waals surface area contributed by atoms with E-state index in [4.69, 9.17) is 18.9 Å². The number of carboxylic acid groups (broad SMARTS) is 2. The van der Waals surface area contributed by atoms with E-state index in [0.717, 1.165) is 32.1 Å². The van der Waals surface area contributed by atoms with E-state index in [2.05, 4.69) is 34.6 Å². The lowest BCUT2D eigenvalue weighted by Crippen LogP contribution is -2.64. The highest BCUT2D eigenvalue weighted by Crippen LogP contribution is 2.68. The monoisotopic (exact) mass is 828 g/mol. The van der Waals surface area contributed by atoms with E-state index < -0.39 is 109 Å². The Kier molecular flexibility index (Phi) is 13.3. The van der Waals surface area contributed by atoms with Crippen LogP contribution in [0.5, 0.6) is 0 Å². The minimum atomic E-state index is -1.95. The van der Waals surface area contributed by atoms with Crippen LogP contribution >= 0.6 is 0 Å². The van der Waals surface area contributed by atoms with Gasteiger partial charge in [-0.3, -0.25) is 4.79 Å². The van der Waals surface area contributed by atoms with E-state index in [1.165, 1.54) is 11.1 Å². The number of aliphatic hydroxyl groups excluding tert-OH is 8. The van der Waals surface area contributed by atoms with Crippen LogP contribution in [-0.2, 0) is 28.5 Å². The van der Waals surface area contributed by atoms with Gasteiger partial charge in [0.1, 0.15) is 42.7 Å². The van der Waals surface area contributed by atoms with Crippen molar-refractivity contribution in [1.82, 2.24) is 0 Å². The average molecular weight is 829 g/mol. The number of allylic oxidation sites excluding steroid dienone is 2. The Balaban J connectivity index is 1.18. The second-order valence-electron chi connectivity index (χ2n) is 19.5. The Bertz CT molecular complexity index is 1540. The van der Waals surface area contributed by atoms with Crippen LogP contribution in [-0.4, -0.2) is 149 Å². The predicted octanol–water partition coefficient (Wildman–Crippen LogP) is 1.16. The van der Waals surface area contributed by atoms with E-state index in [0.29, 0.717) is 18.8 Å². The first kappa shape index (κ1) is 45.7. The maximum absolute atomic E-state index is 13.5. The highest BCUT2D eigenvalue weighted by molar-refractivity contribution is 5.76. The lowest BCUT2D eigenvalue weighted by molar-refractivity contribution is -0.340. The average Bonchev–Trinajstić information content (AvgIpc) is 3.53. The Morgan fingerprint density at radius 3 is 2.02 bits per heavy atom. The van der Waals surface area contributed by atoms with Crippen molar-refractivity contribution < 1.29 is 79.6 Å². The standard InChI is InChI=1S/C42H68O16/c1-17(2)18(3)27(43)28(44)19(4)21-9-10-22-20-8-11-25-41(6,23(20)12-14-40(21,22)5)15-13-26(42(25,7)39(53)54)57-38-34(50)30(46)29(45)24(56-38)16-55-37-33(49)31(47)32(48)35(58-37)36(51)52/h17-19,21-22,24-35,37-38,43-50H,8-16H2,1-7H3,(H,51,52)(H,53,54)/t18-,19-,21+,22-,24+,25+,26-,27+,28-,29+,30-,31-,32-,33+,34+,35-,37+,38-,40+,41+,42+/m0/s1. The molecule has 4 fully saturated rings. The summed E-state index contributed by atoms with van der Waals surface area (Å²) in [5.41, 5.74) is 0.748. The normalized spacial score (nSPS) is 47.7. The maximum Gasteiger partial charge on any atom is 0.335 e. The van der Waals surface area contributed by atoms with Gasteiger partial charge in [0.05, 0.1) is 30.3 Å². The Morgan fingerprint density at radius 1 is 0.759 bits per heavy atom. The third-order valence-corrected chi connectivity index (χ3v) is 16.4. The number of hydrogen-bond acceptors (Lipinski definition) is 14. The molecular formula is C42H68O16. The van der Waals surface area contributed by atoms with Gasteiger partial charge < -0.3 is 70.0 Å². The molecule has 0 radical (unpaired) electrons. The van der Waals surface area contributed by atoms with Gasteiger partial charge in [-0.25, -0.2) is 4.79 Å². The largest absolute Gasteiger partial charge is 0.481 e. The van der Waals surface area contributed by atoms with Crippen LogP contribution in [0.1, 0.15) is 99.8 Å². The van der Waals surface area contributed by atoms with Crippen LogP contribution in [0.15, 0.2) is 11.1 Å². The van der Waals surface area contributed by atoms with Gasteiger partial charge in [0.2, 0.25) is 0 Å². The number of fused-ring (bicyclic) bond motifs is 4. The van der Waals surface area contributed by atoms with Crippen molar-refractivity contribution in [1.29, 1.82) is 0 Å². The molecule has 58 heavy (non-hydrogen) atoms. The molecule has 2 aliphatic heterocycles. The Labute approximate surface area is 340 Å². The van der Waals surface area contributed by atoms with E-state index in [1.54, 1.807) is 6.92 Å². The summed E-state index contributed by atoms with van der Waals surface area (Å²) in [4.78, 5) is 25.0. The zero-order valence-corrected chi connectivity index (χ0v) is 34.8. The fraction of sp³-hybridized carbons (Fsp3) is 0.905. The van der Waals surface area contributed by atoms with Crippen LogP contribution < -0.4 is 0 Å². The van der Waals surface area contributed by atoms with Gasteiger partial charge >= 0.3 is 11.9 Å². The van der Waals surface area contributed by atoms with Crippen LogP contribution in [0.25, 0.3) is 0 Å². The molecule has 6 rings (SSSR count). The zero-order chi connectivity index (χ0) is 43.0. The molecule has 0 bridgehead atoms. The molecule has 6 aliphatic rings. The van der Waals surface area contributed by atoms with Crippen molar-refractivity contribution >= 4 is 11.9 Å². The first-order valence-corrected chi connectivity index (χ1v) is 21.2. The van der Waals surface area contributed by atoms with Crippen molar-refractivity contribution in [3.8, 4) is 0 Å². The van der Waals surface area contributed by atoms with Crippen LogP contribution in [0.3, 0.4) is 0 Å². The molecule has 0 aromatic heterocycles. The summed E-state index contributed by atoms with van der Waals surface area (Å²) in [6.07, 6.45) is -14.7. The number of hydrogen-bond donors (Lipinski definition) is 10. The molecule has 2 heterocycles. The van der Waals surface area contributed by atoms with Crippen molar-refractivity contribution in [3.63, 3.8) is 0 Å². The van der Waals surface area contributed by atoms with Gasteiger partial charge in [0, 0.05) is 0 Å². The number of aliphatic carboxylic acids is 2. The van der Waals surface area contributed by atoms with E-state index in [1.807, 2.05) is 6.92 Å². The third kappa shape index (κ3) is 7.48. The maximum atomic E-state index is 13.5. The van der Waals surface area contributed by atoms with Crippen LogP contribution in [0, 0.1) is 51.8 Å². The molecule has 0 unspecified atom stereocenters. The number of carboxylic acids is 2. The summed E-state index contributed by atoms with van der Waals surface area (Å²) in [6.45, 7) is 13.7. The van der Waals surface area contributed by atoms with Gasteiger partial charge in [-0.1, -0.05) is 52.7 Å². The number of ether oxygens (including phenoxy) is 4.